The Balaban J connectivity index is -0.0000000807. The van der Waals surface area contributed by atoms with Crippen LogP contribution in [0.1, 0.15) is 20.3 Å². The Morgan fingerprint density at radius 3 is 2.00 bits per heavy atom. The molecule has 3 nitrogen and oxygen atoms in total. The number of ether oxygens (including phenoxy) is 1. The molecule has 7 heteroatoms. The molecule has 1 N–H and O–H groups in total. The first-order valence-corrected chi connectivity index (χ1v) is 4.07. The third-order valence-electron chi connectivity index (χ3n) is 2.23. The van der Waals surface area contributed by atoms with Crippen molar-refractivity contribution in [2.45, 2.75) is 44.6 Å². The van der Waals surface area contributed by atoms with E-state index in [2.05, 4.69) is 5.32 Å². The Bertz CT molecular complexity index is 143. The van der Waals surface area contributed by atoms with Crippen LogP contribution < -0.4 is 0 Å². The van der Waals surface area contributed by atoms with Gasteiger partial charge in [-0.15, -0.1) is 6.04 Å². The summed E-state index contributed by atoms with van der Waals surface area (Å²) in [6.07, 6.45) is 0.563. The van der Waals surface area contributed by atoms with E-state index in [-0.39, 0.29) is 110 Å². The van der Waals surface area contributed by atoms with Crippen molar-refractivity contribution in [2.24, 2.45) is 0 Å². The fraction of sp³-hybridized carbons (Fsp3) is 0.889. The minimum atomic E-state index is -0.420. The number of hydrogen-bond donors (Lipinski definition) is 1. The molecule has 0 saturated carbocycles. The van der Waals surface area contributed by atoms with Crippen molar-refractivity contribution in [3.63, 3.8) is 0 Å². The minimum Gasteiger partial charge on any atom is -0.660 e. The monoisotopic (exact) mass is 909 g/mol. The van der Waals surface area contributed by atoms with Crippen LogP contribution in [0.5, 0.6) is 0 Å². The van der Waals surface area contributed by atoms with E-state index < -0.39 is 6.10 Å². The van der Waals surface area contributed by atoms with Crippen LogP contribution in [0, 0.1) is 7.43 Å². The van der Waals surface area contributed by atoms with Gasteiger partial charge >= 0.3 is 21.1 Å². The SMILES string of the molecule is C[N-]C1CC(C)OC(C)C1O.[CH3-].[W+2].[W].[W].[W]. The molecular formula is C9H19NO2W4. The van der Waals surface area contributed by atoms with Gasteiger partial charge in [0.2, 0.25) is 0 Å². The molecule has 1 rings (SSSR count). The smallest absolute Gasteiger partial charge is 0.660 e. The third-order valence-corrected chi connectivity index (χ3v) is 2.23. The summed E-state index contributed by atoms with van der Waals surface area (Å²) in [7, 11) is 1.75. The first kappa shape index (κ1) is 31.2. The van der Waals surface area contributed by atoms with Crippen LogP contribution in [0.2, 0.25) is 0 Å². The summed E-state index contributed by atoms with van der Waals surface area (Å²) < 4.78 is 5.42. The van der Waals surface area contributed by atoms with Crippen molar-refractivity contribution < 1.29 is 94.1 Å². The van der Waals surface area contributed by atoms with Gasteiger partial charge in [-0.1, -0.05) is 0 Å². The van der Waals surface area contributed by atoms with Crippen molar-refractivity contribution in [2.75, 3.05) is 7.05 Å². The molecule has 0 bridgehead atoms. The maximum Gasteiger partial charge on any atom is 2.00 e. The zero-order chi connectivity index (χ0) is 8.43. The van der Waals surface area contributed by atoms with Crippen LogP contribution in [0.15, 0.2) is 0 Å². The second kappa shape index (κ2) is 15.7. The largest absolute Gasteiger partial charge is 2.00 e. The molecule has 1 fully saturated rings. The summed E-state index contributed by atoms with van der Waals surface area (Å²) in [5.41, 5.74) is 0. The fourth-order valence-corrected chi connectivity index (χ4v) is 1.55. The summed E-state index contributed by atoms with van der Waals surface area (Å²) in [5, 5.41) is 13.6. The van der Waals surface area contributed by atoms with Gasteiger partial charge in [0, 0.05) is 63.2 Å². The van der Waals surface area contributed by atoms with Crippen molar-refractivity contribution in [3.05, 3.63) is 12.7 Å². The molecule has 96 valence electrons. The van der Waals surface area contributed by atoms with Crippen LogP contribution in [0.3, 0.4) is 0 Å². The normalized spacial score (nSPS) is 31.5. The molecule has 0 aliphatic carbocycles. The molecule has 1 heterocycles. The second-order valence-corrected chi connectivity index (χ2v) is 3.20. The van der Waals surface area contributed by atoms with Gasteiger partial charge in [0.25, 0.3) is 0 Å². The van der Waals surface area contributed by atoms with Gasteiger partial charge in [-0.3, -0.25) is 0 Å². The Morgan fingerprint density at radius 2 is 1.62 bits per heavy atom. The maximum absolute atomic E-state index is 9.54. The molecule has 1 aliphatic heterocycles. The van der Waals surface area contributed by atoms with Crippen LogP contribution in [-0.2, 0) is 89.0 Å². The predicted octanol–water partition coefficient (Wildman–Crippen LogP) is 1.36. The number of rotatable bonds is 1. The van der Waals surface area contributed by atoms with E-state index >= 15 is 0 Å². The minimum absolute atomic E-state index is 0. The first-order valence-electron chi connectivity index (χ1n) is 4.07. The summed E-state index contributed by atoms with van der Waals surface area (Å²) in [4.78, 5) is 0. The molecule has 0 amide bonds. The number of likely N-dealkylation sites (N-methyl/N-ethyl adjacent to an activating group) is 1. The van der Waals surface area contributed by atoms with Gasteiger partial charge in [-0.25, -0.2) is 0 Å². The van der Waals surface area contributed by atoms with Crippen LogP contribution in [0.25, 0.3) is 5.32 Å². The zero-order valence-electron chi connectivity index (χ0n) is 9.95. The molecule has 4 unspecified atom stereocenters. The number of aliphatic hydroxyl groups is 1. The molecule has 0 aromatic carbocycles. The Labute approximate surface area is 157 Å². The maximum atomic E-state index is 9.54. The molecule has 0 aromatic heterocycles. The fourth-order valence-electron chi connectivity index (χ4n) is 1.55. The van der Waals surface area contributed by atoms with E-state index in [1.165, 1.54) is 0 Å². The summed E-state index contributed by atoms with van der Waals surface area (Å²) in [5.74, 6) is 0. The molecule has 0 radical (unpaired) electrons. The topological polar surface area (TPSA) is 43.6 Å². The van der Waals surface area contributed by atoms with Gasteiger partial charge in [0.05, 0.1) is 18.3 Å². The van der Waals surface area contributed by atoms with Crippen molar-refractivity contribution in [3.8, 4) is 0 Å². The second-order valence-electron chi connectivity index (χ2n) is 3.20. The van der Waals surface area contributed by atoms with Crippen LogP contribution in [0.4, 0.5) is 0 Å². The van der Waals surface area contributed by atoms with Crippen molar-refractivity contribution >= 4 is 0 Å². The van der Waals surface area contributed by atoms with Crippen molar-refractivity contribution in [1.82, 2.24) is 0 Å². The zero-order valence-corrected chi connectivity index (χ0v) is 21.7. The Kier molecular flexibility index (Phi) is 30.6. The summed E-state index contributed by atoms with van der Waals surface area (Å²) in [6.45, 7) is 3.90. The molecule has 0 spiro atoms. The van der Waals surface area contributed by atoms with Gasteiger partial charge in [0.1, 0.15) is 0 Å². The quantitative estimate of drug-likeness (QED) is 0.405. The predicted molar refractivity (Wildman–Crippen MR) is 50.1 cm³/mol. The van der Waals surface area contributed by atoms with E-state index in [9.17, 15) is 5.11 Å². The molecule has 0 aromatic rings. The molecule has 16 heavy (non-hydrogen) atoms. The molecule has 1 saturated heterocycles. The summed E-state index contributed by atoms with van der Waals surface area (Å²) in [6, 6.07) is 0.0637. The van der Waals surface area contributed by atoms with Crippen LogP contribution >= 0.6 is 0 Å². The molecule has 4 atom stereocenters. The van der Waals surface area contributed by atoms with E-state index in [1.807, 2.05) is 13.8 Å². The van der Waals surface area contributed by atoms with Crippen molar-refractivity contribution in [1.29, 1.82) is 0 Å². The average Bonchev–Trinajstić information content (AvgIpc) is 1.96. The Hall–Kier alpha value is 2.63. The van der Waals surface area contributed by atoms with E-state index in [4.69, 9.17) is 4.74 Å². The third kappa shape index (κ3) is 9.55. The number of nitrogens with zero attached hydrogens (tertiary/aromatic N) is 1. The summed E-state index contributed by atoms with van der Waals surface area (Å²) >= 11 is 0. The first-order chi connectivity index (χ1) is 5.15. The van der Waals surface area contributed by atoms with Gasteiger partial charge in [-0.05, 0) is 20.3 Å². The Morgan fingerprint density at radius 1 is 1.19 bits per heavy atom. The number of hydrogen-bond acceptors (Lipinski definition) is 2. The van der Waals surface area contributed by atoms with Gasteiger partial charge in [0.15, 0.2) is 0 Å². The standard InChI is InChI=1S/C8H16NO2.CH3.4W/c1-5-4-7(9-3)8(10)6(2)11-5;;;;;/h5-8,10H,4H2,1-3H3;1H3;;;;/q2*-1;;;;+2. The average molecular weight is 909 g/mol. The van der Waals surface area contributed by atoms with E-state index in [0.29, 0.717) is 0 Å². The van der Waals surface area contributed by atoms with E-state index in [0.717, 1.165) is 6.42 Å². The molecule has 1 aliphatic rings. The molecular weight excluding hydrogens is 889 g/mol. The van der Waals surface area contributed by atoms with Gasteiger partial charge in [-0.2, -0.15) is 7.05 Å². The van der Waals surface area contributed by atoms with Crippen LogP contribution in [-0.4, -0.2) is 36.5 Å². The van der Waals surface area contributed by atoms with Gasteiger partial charge < -0.3 is 22.6 Å². The van der Waals surface area contributed by atoms with E-state index in [1.54, 1.807) is 7.05 Å². The number of aliphatic hydroxyl groups excluding tert-OH is 1.